The van der Waals surface area contributed by atoms with E-state index in [1.54, 1.807) is 53.0 Å². The summed E-state index contributed by atoms with van der Waals surface area (Å²) in [7, 11) is 3.91. The Balaban J connectivity index is 0.000000234. The van der Waals surface area contributed by atoms with Crippen molar-refractivity contribution in [1.82, 2.24) is 26.2 Å². The van der Waals surface area contributed by atoms with Gasteiger partial charge in [-0.2, -0.15) is 0 Å². The number of nitrogens with two attached hydrogens (primary N) is 2. The first-order chi connectivity index (χ1) is 33.3. The van der Waals surface area contributed by atoms with Crippen molar-refractivity contribution in [2.24, 2.45) is 52.4 Å². The Morgan fingerprint density at radius 2 is 1.49 bits per heavy atom. The minimum atomic E-state index is -1.24. The van der Waals surface area contributed by atoms with Crippen LogP contribution in [0.4, 0.5) is 0 Å². The number of hydrogen-bond donors (Lipinski definition) is 10. The molecule has 6 rings (SSSR count). The number of phenols is 1. The van der Waals surface area contributed by atoms with Crippen LogP contribution in [-0.4, -0.2) is 142 Å². The van der Waals surface area contributed by atoms with Crippen LogP contribution >= 0.6 is 0 Å². The zero-order valence-corrected chi connectivity index (χ0v) is 41.8. The molecule has 2 bridgehead atoms. The number of nitrogens with one attached hydrogen (secondary N) is 4. The maximum atomic E-state index is 12.7. The largest absolute Gasteiger partial charge is 0.508 e. The highest BCUT2D eigenvalue weighted by atomic mass is 16.5. The summed E-state index contributed by atoms with van der Waals surface area (Å²) in [6.07, 6.45) is 10.2. The molecule has 21 nitrogen and oxygen atoms in total. The van der Waals surface area contributed by atoms with Gasteiger partial charge in [-0.3, -0.25) is 33.6 Å². The maximum absolute atomic E-state index is 12.7. The molecule has 1 saturated carbocycles. The van der Waals surface area contributed by atoms with Gasteiger partial charge in [0.1, 0.15) is 36.2 Å². The number of ketones is 1. The van der Waals surface area contributed by atoms with Gasteiger partial charge >= 0.3 is 17.9 Å². The number of methoxy groups -OCH3 is 1. The lowest BCUT2D eigenvalue weighted by atomic mass is 9.48. The predicted octanol–water partition coefficient (Wildman–Crippen LogP) is 1.43. The SMILES string of the molecule is CC(C)C[C@H](N)C(=O)N[C@@H](Cc1ccc(O)cc1)C(=O)N[C@H](C(=O)O)C(C)C.CC(C)[C@H](N)C(=O)N[C@@H](CCC(=O)O)C(=O)NCC(=O)O.COC1=C2O[C@H]3C(=O)C=C[C@H]4[C@H]5CC(C=C1)C2[C@@]34CCN5C. The Hall–Kier alpha value is -6.32. The van der Waals surface area contributed by atoms with Crippen LogP contribution in [0.3, 0.4) is 0 Å². The lowest BCUT2D eigenvalue weighted by Gasteiger charge is -2.59. The van der Waals surface area contributed by atoms with Crippen molar-refractivity contribution < 1.29 is 68.3 Å². The zero-order valence-electron chi connectivity index (χ0n) is 41.8. The predicted molar refractivity (Wildman–Crippen MR) is 259 cm³/mol. The molecule has 0 radical (unpaired) electrons. The van der Waals surface area contributed by atoms with E-state index in [9.17, 15) is 48.6 Å². The number of ether oxygens (including phenoxy) is 2. The number of phenolic OH excluding ortho intramolecular Hbond substituents is 1. The molecule has 12 N–H and O–H groups in total. The summed E-state index contributed by atoms with van der Waals surface area (Å²) in [6, 6.07) is 1.92. The van der Waals surface area contributed by atoms with E-state index >= 15 is 0 Å². The number of amides is 4. The highest BCUT2D eigenvalue weighted by Crippen LogP contribution is 2.66. The number of aliphatic carboxylic acids is 3. The molecule has 392 valence electrons. The van der Waals surface area contributed by atoms with Crippen LogP contribution in [-0.2, 0) is 54.3 Å². The van der Waals surface area contributed by atoms with Crippen molar-refractivity contribution >= 4 is 47.3 Å². The molecule has 11 atom stereocenters. The number of carbonyl (C=O) groups excluding carboxylic acids is 5. The zero-order chi connectivity index (χ0) is 53.1. The van der Waals surface area contributed by atoms with Gasteiger partial charge < -0.3 is 67.5 Å². The molecule has 2 aliphatic heterocycles. The van der Waals surface area contributed by atoms with Gasteiger partial charge in [0.15, 0.2) is 17.6 Å². The second kappa shape index (κ2) is 25.2. The molecule has 71 heavy (non-hydrogen) atoms. The molecule has 3 fully saturated rings. The van der Waals surface area contributed by atoms with Gasteiger partial charge in [-0.15, -0.1) is 0 Å². The highest BCUT2D eigenvalue weighted by Gasteiger charge is 2.69. The molecule has 0 aromatic heterocycles. The number of carbonyl (C=O) groups is 8. The number of rotatable bonds is 20. The molecule has 1 aromatic carbocycles. The normalized spacial score (nSPS) is 24.6. The van der Waals surface area contributed by atoms with Crippen LogP contribution < -0.4 is 32.7 Å². The number of nitrogens with zero attached hydrogens (tertiary/aromatic N) is 1. The average Bonchev–Trinajstić information content (AvgIpc) is 3.66. The van der Waals surface area contributed by atoms with Crippen molar-refractivity contribution in [3.63, 3.8) is 0 Å². The summed E-state index contributed by atoms with van der Waals surface area (Å²) in [6.45, 7) is 11.1. The average molecular weight is 996 g/mol. The third kappa shape index (κ3) is 14.4. The first kappa shape index (κ1) is 57.3. The Kier molecular flexibility index (Phi) is 20.3. The quantitative estimate of drug-likeness (QED) is 0.0883. The Labute approximate surface area is 414 Å². The van der Waals surface area contributed by atoms with E-state index in [2.05, 4.69) is 45.4 Å². The Morgan fingerprint density at radius 1 is 0.845 bits per heavy atom. The molecule has 2 heterocycles. The molecular weight excluding hydrogens is 923 g/mol. The minimum absolute atomic E-state index is 0.0597. The summed E-state index contributed by atoms with van der Waals surface area (Å²) in [4.78, 5) is 96.1. The Morgan fingerprint density at radius 3 is 2.06 bits per heavy atom. The summed E-state index contributed by atoms with van der Waals surface area (Å²) in [5.74, 6) is -3.06. The molecule has 5 aliphatic rings. The number of benzene rings is 1. The van der Waals surface area contributed by atoms with Crippen molar-refractivity contribution in [2.75, 3.05) is 27.2 Å². The molecule has 1 aromatic rings. The summed E-state index contributed by atoms with van der Waals surface area (Å²) in [5, 5.41) is 45.4. The number of hydrogen-bond acceptors (Lipinski definition) is 14. The van der Waals surface area contributed by atoms with Crippen LogP contribution in [0.2, 0.25) is 0 Å². The van der Waals surface area contributed by atoms with Crippen LogP contribution in [0, 0.1) is 40.9 Å². The monoisotopic (exact) mass is 996 g/mol. The van der Waals surface area contributed by atoms with Crippen LogP contribution in [0.15, 0.2) is 60.1 Å². The molecule has 21 heteroatoms. The van der Waals surface area contributed by atoms with E-state index in [1.165, 1.54) is 12.1 Å². The van der Waals surface area contributed by atoms with E-state index in [0.717, 1.165) is 30.9 Å². The number of piperidine rings is 1. The first-order valence-electron chi connectivity index (χ1n) is 24.0. The topological polar surface area (TPSA) is 339 Å². The van der Waals surface area contributed by atoms with Gasteiger partial charge in [0.05, 0.1) is 19.2 Å². The van der Waals surface area contributed by atoms with Crippen LogP contribution in [0.1, 0.15) is 79.2 Å². The highest BCUT2D eigenvalue weighted by molar-refractivity contribution is 5.96. The van der Waals surface area contributed by atoms with E-state index in [1.807, 2.05) is 19.9 Å². The van der Waals surface area contributed by atoms with Crippen molar-refractivity contribution in [1.29, 1.82) is 0 Å². The molecule has 3 aliphatic carbocycles. The molecule has 2 unspecified atom stereocenters. The van der Waals surface area contributed by atoms with E-state index in [0.29, 0.717) is 35.8 Å². The fourth-order valence-corrected chi connectivity index (χ4v) is 9.97. The number of carboxylic acids is 3. The molecule has 4 amide bonds. The van der Waals surface area contributed by atoms with Crippen molar-refractivity contribution in [2.45, 2.75) is 122 Å². The van der Waals surface area contributed by atoms with E-state index in [-0.39, 0.29) is 60.1 Å². The third-order valence-corrected chi connectivity index (χ3v) is 13.7. The fraction of sp³-hybridized carbons (Fsp3) is 0.600. The van der Waals surface area contributed by atoms with Crippen LogP contribution in [0.25, 0.3) is 0 Å². The molecule has 1 spiro atoms. The smallest absolute Gasteiger partial charge is 0.326 e. The van der Waals surface area contributed by atoms with Gasteiger partial charge in [0, 0.05) is 36.1 Å². The first-order valence-corrected chi connectivity index (χ1v) is 24.0. The number of likely N-dealkylation sites (tertiary alicyclic amines) is 1. The number of allylic oxidation sites excluding steroid dienone is 3. The standard InChI is InChI=1S/C20H31N3O5.C18H21NO3.C12H21N3O6/c1-11(2)9-15(21)18(25)22-16(10-13-5-7-14(24)8-6-13)19(26)23-17(12(3)4)20(27)28;1-19-8-7-18-11-4-5-13(20)17(18)22-16-14(21-2)6-3-10(15(16)18)9-12(11)19;1-6(2)10(13)12(21)15-7(3-4-8(16)17)11(20)14-5-9(18)19/h5-8,11-12,15-17,24H,9-10,21H2,1-4H3,(H,22,25)(H,23,26)(H,27,28);3-6,10-12,15,17H,7-9H2,1-2H3;6-7,10H,3-5,13H2,1-2H3,(H,14,20)(H,15,21)(H,16,17)(H,18,19)/t15-,16-,17-;10?,11-,12+,15?,17-,18-;7-,10-/m000/s1. The minimum Gasteiger partial charge on any atom is -0.508 e. The number of aromatic hydroxyl groups is 1. The summed E-state index contributed by atoms with van der Waals surface area (Å²) >= 11 is 0. The van der Waals surface area contributed by atoms with Crippen molar-refractivity contribution in [3.05, 3.63) is 65.7 Å². The summed E-state index contributed by atoms with van der Waals surface area (Å²) < 4.78 is 11.8. The number of carboxylic acid groups (broad SMARTS) is 3. The lowest BCUT2D eigenvalue weighted by Crippen LogP contribution is -2.64. The lowest BCUT2D eigenvalue weighted by molar-refractivity contribution is -0.143. The van der Waals surface area contributed by atoms with Crippen molar-refractivity contribution in [3.8, 4) is 5.75 Å². The van der Waals surface area contributed by atoms with E-state index in [4.69, 9.17) is 31.2 Å². The van der Waals surface area contributed by atoms with Gasteiger partial charge in [0.2, 0.25) is 23.6 Å². The molecule has 2 saturated heterocycles. The van der Waals surface area contributed by atoms with Gasteiger partial charge in [-0.25, -0.2) is 4.79 Å². The van der Waals surface area contributed by atoms with E-state index < -0.39 is 78.3 Å². The van der Waals surface area contributed by atoms with Crippen LogP contribution in [0.5, 0.6) is 5.75 Å². The maximum Gasteiger partial charge on any atom is 0.326 e. The Bertz CT molecular complexity index is 2210. The molecular formula is C50H73N7O14. The fourth-order valence-electron chi connectivity index (χ4n) is 9.97. The van der Waals surface area contributed by atoms with Gasteiger partial charge in [-0.05, 0) is 92.8 Å². The third-order valence-electron chi connectivity index (χ3n) is 13.7. The second-order valence-corrected chi connectivity index (χ2v) is 20.0. The second-order valence-electron chi connectivity index (χ2n) is 20.0. The summed E-state index contributed by atoms with van der Waals surface area (Å²) in [5.41, 5.74) is 12.2. The van der Waals surface area contributed by atoms with Gasteiger partial charge in [-0.1, -0.05) is 65.8 Å². The van der Waals surface area contributed by atoms with Gasteiger partial charge in [0.25, 0.3) is 0 Å².